The van der Waals surface area contributed by atoms with Crippen LogP contribution in [0.3, 0.4) is 0 Å². The van der Waals surface area contributed by atoms with E-state index >= 15 is 0 Å². The average molecular weight is 476 g/mol. The van der Waals surface area contributed by atoms with E-state index in [-0.39, 0.29) is 23.9 Å². The number of nitriles is 1. The average Bonchev–Trinajstić information content (AvgIpc) is 3.29. The molecule has 1 amide bonds. The lowest BCUT2D eigenvalue weighted by atomic mass is 9.84. The summed E-state index contributed by atoms with van der Waals surface area (Å²) in [5.74, 6) is 1.31. The van der Waals surface area contributed by atoms with Gasteiger partial charge in [0.1, 0.15) is 11.6 Å². The summed E-state index contributed by atoms with van der Waals surface area (Å²) in [5, 5.41) is 23.4. The number of aromatic nitrogens is 3. The molecule has 0 aliphatic carbocycles. The van der Waals surface area contributed by atoms with Crippen molar-refractivity contribution in [3.05, 3.63) is 46.6 Å². The Hall–Kier alpha value is -3.93. The molecule has 0 spiro atoms. The van der Waals surface area contributed by atoms with E-state index in [9.17, 15) is 15.2 Å². The highest BCUT2D eigenvalue weighted by Crippen LogP contribution is 2.39. The lowest BCUT2D eigenvalue weighted by Crippen LogP contribution is -2.40. The van der Waals surface area contributed by atoms with E-state index < -0.39 is 6.09 Å². The molecule has 3 aromatic rings. The van der Waals surface area contributed by atoms with Crippen LogP contribution in [-0.2, 0) is 6.42 Å². The predicted octanol–water partition coefficient (Wildman–Crippen LogP) is 5.39. The van der Waals surface area contributed by atoms with E-state index in [1.807, 2.05) is 32.9 Å². The van der Waals surface area contributed by atoms with Crippen LogP contribution in [0.1, 0.15) is 62.4 Å². The largest absolute Gasteiger partial charge is 0.474 e. The Morgan fingerprint density at radius 2 is 2.11 bits per heavy atom. The second-order valence-electron chi connectivity index (χ2n) is 9.46. The van der Waals surface area contributed by atoms with Gasteiger partial charge in [0, 0.05) is 18.3 Å². The number of hydrogen-bond donors (Lipinski definition) is 1. The van der Waals surface area contributed by atoms with Gasteiger partial charge in [0.05, 0.1) is 17.7 Å². The summed E-state index contributed by atoms with van der Waals surface area (Å²) in [6, 6.07) is 7.47. The summed E-state index contributed by atoms with van der Waals surface area (Å²) in [7, 11) is 0. The maximum atomic E-state index is 11.8. The van der Waals surface area contributed by atoms with Gasteiger partial charge in [-0.2, -0.15) is 10.2 Å². The summed E-state index contributed by atoms with van der Waals surface area (Å²) < 4.78 is 11.1. The molecule has 3 heterocycles. The van der Waals surface area contributed by atoms with Crippen molar-refractivity contribution in [1.82, 2.24) is 20.0 Å². The number of nitrogens with zero attached hydrogens (tertiary/aromatic N) is 5. The molecule has 1 atom stereocenters. The van der Waals surface area contributed by atoms with Crippen molar-refractivity contribution in [2.75, 3.05) is 6.54 Å². The monoisotopic (exact) mass is 475 g/mol. The van der Waals surface area contributed by atoms with E-state index in [2.05, 4.69) is 35.0 Å². The molecule has 0 fully saturated rings. The Labute approximate surface area is 204 Å². The molecular formula is C26H29N5O4. The third-order valence-electron chi connectivity index (χ3n) is 6.15. The first-order valence-electron chi connectivity index (χ1n) is 11.7. The number of carboxylic acid groups (broad SMARTS) is 1. The Kier molecular flexibility index (Phi) is 6.74. The van der Waals surface area contributed by atoms with E-state index in [1.54, 1.807) is 17.2 Å². The zero-order valence-electron chi connectivity index (χ0n) is 20.6. The van der Waals surface area contributed by atoms with Gasteiger partial charge < -0.3 is 19.3 Å². The maximum absolute atomic E-state index is 11.8. The molecule has 2 aromatic heterocycles. The highest BCUT2D eigenvalue weighted by atomic mass is 16.5. The summed E-state index contributed by atoms with van der Waals surface area (Å²) in [4.78, 5) is 22.2. The van der Waals surface area contributed by atoms with Gasteiger partial charge in [0.15, 0.2) is 0 Å². The van der Waals surface area contributed by atoms with Crippen LogP contribution in [0.2, 0.25) is 0 Å². The van der Waals surface area contributed by atoms with Crippen LogP contribution in [-0.4, -0.2) is 43.9 Å². The van der Waals surface area contributed by atoms with Gasteiger partial charge >= 0.3 is 6.09 Å². The summed E-state index contributed by atoms with van der Waals surface area (Å²) in [6.45, 7) is 10.4. The van der Waals surface area contributed by atoms with Crippen molar-refractivity contribution in [2.24, 2.45) is 5.92 Å². The summed E-state index contributed by atoms with van der Waals surface area (Å²) in [5.41, 5.74) is 4.85. The van der Waals surface area contributed by atoms with Gasteiger partial charge in [-0.05, 0) is 62.3 Å². The van der Waals surface area contributed by atoms with Crippen LogP contribution in [0.15, 0.2) is 28.9 Å². The number of amides is 1. The van der Waals surface area contributed by atoms with Crippen LogP contribution in [0.5, 0.6) is 5.88 Å². The molecular weight excluding hydrogens is 446 g/mol. The standard InChI is InChI=1S/C26H29N5O4/c1-14(2)10-22-21-7-6-20(16(5)19(21)8-9-31(22)26(32)33)23-29-25(35-30-23)18-11-17(12-27)24(28-13-18)34-15(3)4/h6-7,11,13-15,22H,8-10H2,1-5H3,(H,32,33). The minimum absolute atomic E-state index is 0.106. The predicted molar refractivity (Wildman–Crippen MR) is 129 cm³/mol. The fourth-order valence-corrected chi connectivity index (χ4v) is 4.57. The molecule has 0 radical (unpaired) electrons. The third-order valence-corrected chi connectivity index (χ3v) is 6.15. The smallest absolute Gasteiger partial charge is 0.407 e. The first kappa shape index (κ1) is 24.2. The number of rotatable bonds is 6. The normalized spacial score (nSPS) is 15.3. The number of carbonyl (C=O) groups is 1. The molecule has 1 aliphatic rings. The van der Waals surface area contributed by atoms with Gasteiger partial charge in [-0.1, -0.05) is 31.1 Å². The Balaban J connectivity index is 1.68. The molecule has 0 bridgehead atoms. The van der Waals surface area contributed by atoms with Gasteiger partial charge in [-0.15, -0.1) is 0 Å². The molecule has 0 saturated carbocycles. The molecule has 0 saturated heterocycles. The van der Waals surface area contributed by atoms with Crippen molar-refractivity contribution in [2.45, 2.75) is 59.6 Å². The molecule has 1 N–H and O–H groups in total. The Bertz CT molecular complexity index is 1290. The molecule has 1 aromatic carbocycles. The SMILES string of the molecule is Cc1c(-c2noc(-c3cnc(OC(C)C)c(C#N)c3)n2)ccc2c1CCN(C(=O)O)C2CC(C)C. The van der Waals surface area contributed by atoms with Gasteiger partial charge in [0.25, 0.3) is 5.89 Å². The molecule has 182 valence electrons. The number of hydrogen-bond acceptors (Lipinski definition) is 7. The highest BCUT2D eigenvalue weighted by Gasteiger charge is 2.32. The summed E-state index contributed by atoms with van der Waals surface area (Å²) in [6.07, 6.45) is 1.95. The van der Waals surface area contributed by atoms with Crippen LogP contribution >= 0.6 is 0 Å². The Morgan fingerprint density at radius 3 is 2.77 bits per heavy atom. The van der Waals surface area contributed by atoms with Crippen LogP contribution in [0.25, 0.3) is 22.8 Å². The first-order chi connectivity index (χ1) is 16.7. The van der Waals surface area contributed by atoms with Crippen molar-refractivity contribution in [1.29, 1.82) is 5.26 Å². The minimum Gasteiger partial charge on any atom is -0.474 e. The molecule has 35 heavy (non-hydrogen) atoms. The summed E-state index contributed by atoms with van der Waals surface area (Å²) >= 11 is 0. The molecule has 9 nitrogen and oxygen atoms in total. The maximum Gasteiger partial charge on any atom is 0.407 e. The van der Waals surface area contributed by atoms with Crippen molar-refractivity contribution in [3.63, 3.8) is 0 Å². The van der Waals surface area contributed by atoms with Crippen LogP contribution < -0.4 is 4.74 Å². The second-order valence-corrected chi connectivity index (χ2v) is 9.46. The molecule has 1 aliphatic heterocycles. The topological polar surface area (TPSA) is 125 Å². The minimum atomic E-state index is -0.888. The lowest BCUT2D eigenvalue weighted by Gasteiger charge is -2.37. The fourth-order valence-electron chi connectivity index (χ4n) is 4.57. The molecule has 1 unspecified atom stereocenters. The Morgan fingerprint density at radius 1 is 1.34 bits per heavy atom. The molecule has 9 heteroatoms. The number of fused-ring (bicyclic) bond motifs is 1. The lowest BCUT2D eigenvalue weighted by molar-refractivity contribution is 0.113. The zero-order chi connectivity index (χ0) is 25.3. The van der Waals surface area contributed by atoms with Gasteiger partial charge in [-0.25, -0.2) is 9.78 Å². The second kappa shape index (κ2) is 9.74. The fraction of sp³-hybridized carbons (Fsp3) is 0.423. The van der Waals surface area contributed by atoms with E-state index in [1.165, 1.54) is 0 Å². The quantitative estimate of drug-likeness (QED) is 0.503. The van der Waals surface area contributed by atoms with Gasteiger partial charge in [0.2, 0.25) is 11.7 Å². The van der Waals surface area contributed by atoms with E-state index in [4.69, 9.17) is 9.26 Å². The van der Waals surface area contributed by atoms with Gasteiger partial charge in [-0.3, -0.25) is 0 Å². The van der Waals surface area contributed by atoms with Crippen molar-refractivity contribution < 1.29 is 19.2 Å². The number of pyridine rings is 1. The van der Waals surface area contributed by atoms with Crippen LogP contribution in [0.4, 0.5) is 4.79 Å². The van der Waals surface area contributed by atoms with Crippen molar-refractivity contribution >= 4 is 6.09 Å². The van der Waals surface area contributed by atoms with Crippen LogP contribution in [0, 0.1) is 24.2 Å². The van der Waals surface area contributed by atoms with E-state index in [0.29, 0.717) is 35.8 Å². The number of benzene rings is 1. The molecule has 4 rings (SSSR count). The van der Waals surface area contributed by atoms with E-state index in [0.717, 1.165) is 28.7 Å². The zero-order valence-corrected chi connectivity index (χ0v) is 20.6. The number of ether oxygens (including phenoxy) is 1. The van der Waals surface area contributed by atoms with Crippen molar-refractivity contribution in [3.8, 4) is 34.8 Å². The third kappa shape index (κ3) is 4.83. The highest BCUT2D eigenvalue weighted by molar-refractivity contribution is 5.69. The first-order valence-corrected chi connectivity index (χ1v) is 11.7.